The molecule has 1 aromatic carbocycles. The highest BCUT2D eigenvalue weighted by atomic mass is 15.3. The fourth-order valence-corrected chi connectivity index (χ4v) is 4.81. The third kappa shape index (κ3) is 4.56. The summed E-state index contributed by atoms with van der Waals surface area (Å²) in [6.45, 7) is 7.62. The molecular weight excluding hydrogens is 410 g/mol. The van der Waals surface area contributed by atoms with Crippen molar-refractivity contribution in [2.75, 3.05) is 26.2 Å². The number of pyridine rings is 1. The molecule has 3 aromatic heterocycles. The number of aromatic nitrogens is 5. The fourth-order valence-electron chi connectivity index (χ4n) is 4.81. The Morgan fingerprint density at radius 1 is 1.09 bits per heavy atom. The summed E-state index contributed by atoms with van der Waals surface area (Å²) in [7, 11) is 0. The van der Waals surface area contributed by atoms with Crippen molar-refractivity contribution in [1.82, 2.24) is 34.9 Å². The summed E-state index contributed by atoms with van der Waals surface area (Å²) in [5, 5.41) is 7.98. The molecule has 2 aliphatic rings. The van der Waals surface area contributed by atoms with Gasteiger partial charge in [0.25, 0.3) is 0 Å². The molecule has 7 nitrogen and oxygen atoms in total. The molecule has 33 heavy (non-hydrogen) atoms. The normalized spacial score (nSPS) is 18.1. The monoisotopic (exact) mass is 441 g/mol. The maximum atomic E-state index is 4.82. The summed E-state index contributed by atoms with van der Waals surface area (Å²) in [5.41, 5.74) is 6.75. The maximum Gasteiger partial charge on any atom is 0.113 e. The third-order valence-electron chi connectivity index (χ3n) is 7.01. The average Bonchev–Trinajstić information content (AvgIpc) is 3.38. The first-order chi connectivity index (χ1) is 16.2. The van der Waals surface area contributed by atoms with Gasteiger partial charge in [0.2, 0.25) is 0 Å². The zero-order valence-corrected chi connectivity index (χ0v) is 19.2. The molecule has 1 saturated heterocycles. The topological polar surface area (TPSA) is 74.7 Å². The van der Waals surface area contributed by atoms with E-state index in [9.17, 15) is 0 Å². The SMILES string of the molecule is CC(c1ccnc(Cc2nc3ccc(-c4cnn(CC5CC5)c4)cc3[nH]2)c1)N1CCNCC1. The predicted molar refractivity (Wildman–Crippen MR) is 130 cm³/mol. The molecule has 1 atom stereocenters. The van der Waals surface area contributed by atoms with Crippen LogP contribution in [-0.2, 0) is 13.0 Å². The molecule has 7 heteroatoms. The second kappa shape index (κ2) is 8.72. The molecule has 2 fully saturated rings. The quantitative estimate of drug-likeness (QED) is 0.456. The largest absolute Gasteiger partial charge is 0.342 e. The Hall–Kier alpha value is -3.03. The van der Waals surface area contributed by atoms with Crippen LogP contribution in [-0.4, -0.2) is 55.8 Å². The molecular formula is C26H31N7. The molecule has 1 aliphatic heterocycles. The van der Waals surface area contributed by atoms with Crippen LogP contribution < -0.4 is 5.32 Å². The maximum absolute atomic E-state index is 4.82. The van der Waals surface area contributed by atoms with Gasteiger partial charge in [-0.15, -0.1) is 0 Å². The second-order valence-corrected chi connectivity index (χ2v) is 9.53. The number of nitrogens with one attached hydrogen (secondary N) is 2. The fraction of sp³-hybridized carbons (Fsp3) is 0.423. The summed E-state index contributed by atoms with van der Waals surface area (Å²) in [6, 6.07) is 11.2. The van der Waals surface area contributed by atoms with Crippen LogP contribution in [0.5, 0.6) is 0 Å². The number of benzene rings is 1. The van der Waals surface area contributed by atoms with Gasteiger partial charge in [0.15, 0.2) is 0 Å². The number of piperazine rings is 1. The second-order valence-electron chi connectivity index (χ2n) is 9.53. The van der Waals surface area contributed by atoms with Crippen LogP contribution in [0.25, 0.3) is 22.2 Å². The zero-order valence-electron chi connectivity index (χ0n) is 19.2. The van der Waals surface area contributed by atoms with Gasteiger partial charge in [-0.3, -0.25) is 14.6 Å². The van der Waals surface area contributed by atoms with Gasteiger partial charge in [0.05, 0.1) is 17.2 Å². The van der Waals surface area contributed by atoms with E-state index in [2.05, 4.69) is 73.4 Å². The van der Waals surface area contributed by atoms with Crippen molar-refractivity contribution < 1.29 is 0 Å². The highest BCUT2D eigenvalue weighted by molar-refractivity contribution is 5.81. The lowest BCUT2D eigenvalue weighted by atomic mass is 10.1. The number of hydrogen-bond acceptors (Lipinski definition) is 5. The Morgan fingerprint density at radius 2 is 1.97 bits per heavy atom. The molecule has 0 amide bonds. The van der Waals surface area contributed by atoms with E-state index in [0.29, 0.717) is 12.5 Å². The van der Waals surface area contributed by atoms with Crippen LogP contribution in [0.4, 0.5) is 0 Å². The van der Waals surface area contributed by atoms with Gasteiger partial charge in [0, 0.05) is 68.8 Å². The van der Waals surface area contributed by atoms with Gasteiger partial charge in [0.1, 0.15) is 5.82 Å². The number of imidazole rings is 1. The van der Waals surface area contributed by atoms with Crippen molar-refractivity contribution in [2.45, 2.75) is 38.8 Å². The number of H-pyrrole nitrogens is 1. The minimum absolute atomic E-state index is 0.396. The highest BCUT2D eigenvalue weighted by Gasteiger charge is 2.22. The molecule has 4 aromatic rings. The molecule has 2 N–H and O–H groups in total. The first-order valence-electron chi connectivity index (χ1n) is 12.1. The van der Waals surface area contributed by atoms with Crippen LogP contribution in [0.2, 0.25) is 0 Å². The lowest BCUT2D eigenvalue weighted by Gasteiger charge is -2.33. The summed E-state index contributed by atoms with van der Waals surface area (Å²) >= 11 is 0. The van der Waals surface area contributed by atoms with Crippen molar-refractivity contribution in [1.29, 1.82) is 0 Å². The Labute approximate surface area is 194 Å². The first kappa shape index (κ1) is 20.6. The highest BCUT2D eigenvalue weighted by Crippen LogP contribution is 2.31. The minimum atomic E-state index is 0.396. The van der Waals surface area contributed by atoms with Gasteiger partial charge < -0.3 is 10.3 Å². The lowest BCUT2D eigenvalue weighted by molar-refractivity contribution is 0.185. The smallest absolute Gasteiger partial charge is 0.113 e. The lowest BCUT2D eigenvalue weighted by Crippen LogP contribution is -2.44. The van der Waals surface area contributed by atoms with Crippen LogP contribution >= 0.6 is 0 Å². The molecule has 0 spiro atoms. The van der Waals surface area contributed by atoms with Crippen molar-refractivity contribution in [3.05, 3.63) is 66.0 Å². The minimum Gasteiger partial charge on any atom is -0.342 e. The number of aromatic amines is 1. The van der Waals surface area contributed by atoms with Gasteiger partial charge >= 0.3 is 0 Å². The number of hydrogen-bond donors (Lipinski definition) is 2. The summed E-state index contributed by atoms with van der Waals surface area (Å²) in [5.74, 6) is 1.77. The Bertz CT molecular complexity index is 1250. The zero-order chi connectivity index (χ0) is 22.2. The van der Waals surface area contributed by atoms with E-state index in [0.717, 1.165) is 66.8 Å². The number of nitrogens with zero attached hydrogens (tertiary/aromatic N) is 5. The Morgan fingerprint density at radius 3 is 2.82 bits per heavy atom. The van der Waals surface area contributed by atoms with E-state index in [1.807, 2.05) is 12.4 Å². The van der Waals surface area contributed by atoms with Gasteiger partial charge in [-0.2, -0.15) is 5.10 Å². The van der Waals surface area contributed by atoms with E-state index in [-0.39, 0.29) is 0 Å². The third-order valence-corrected chi connectivity index (χ3v) is 7.01. The van der Waals surface area contributed by atoms with E-state index < -0.39 is 0 Å². The van der Waals surface area contributed by atoms with E-state index in [4.69, 9.17) is 4.98 Å². The van der Waals surface area contributed by atoms with E-state index >= 15 is 0 Å². The van der Waals surface area contributed by atoms with Crippen LogP contribution in [0, 0.1) is 5.92 Å². The molecule has 0 bridgehead atoms. The van der Waals surface area contributed by atoms with Crippen molar-refractivity contribution >= 4 is 11.0 Å². The van der Waals surface area contributed by atoms with Gasteiger partial charge in [-0.25, -0.2) is 4.98 Å². The standard InChI is InChI=1S/C26H31N7/c1-18(32-10-8-27-9-11-32)20-6-7-28-23(12-20)14-26-30-24-5-4-21(13-25(24)31-26)22-15-29-33(17-22)16-19-2-3-19/h4-7,12-13,15,17-19,27H,2-3,8-11,14,16H2,1H3,(H,30,31). The predicted octanol–water partition coefficient (Wildman–Crippen LogP) is 3.79. The van der Waals surface area contributed by atoms with Crippen molar-refractivity contribution in [3.63, 3.8) is 0 Å². The van der Waals surface area contributed by atoms with Gasteiger partial charge in [-0.05, 0) is 61.1 Å². The van der Waals surface area contributed by atoms with Gasteiger partial charge in [-0.1, -0.05) is 6.07 Å². The van der Waals surface area contributed by atoms with E-state index in [1.54, 1.807) is 0 Å². The van der Waals surface area contributed by atoms with Crippen molar-refractivity contribution in [2.24, 2.45) is 5.92 Å². The summed E-state index contributed by atoms with van der Waals surface area (Å²) in [6.07, 6.45) is 9.44. The summed E-state index contributed by atoms with van der Waals surface area (Å²) < 4.78 is 2.08. The Balaban J connectivity index is 1.19. The van der Waals surface area contributed by atoms with Crippen LogP contribution in [0.3, 0.4) is 0 Å². The molecule has 6 rings (SSSR count). The molecule has 4 heterocycles. The van der Waals surface area contributed by atoms with Crippen molar-refractivity contribution in [3.8, 4) is 11.1 Å². The number of fused-ring (bicyclic) bond motifs is 1. The molecule has 1 saturated carbocycles. The molecule has 170 valence electrons. The summed E-state index contributed by atoms with van der Waals surface area (Å²) in [4.78, 5) is 15.5. The van der Waals surface area contributed by atoms with Crippen LogP contribution in [0.1, 0.15) is 42.9 Å². The average molecular weight is 442 g/mol. The molecule has 1 unspecified atom stereocenters. The first-order valence-corrected chi connectivity index (χ1v) is 12.1. The molecule has 0 radical (unpaired) electrons. The van der Waals surface area contributed by atoms with E-state index in [1.165, 1.54) is 24.0 Å². The number of rotatable bonds is 7. The Kier molecular flexibility index (Phi) is 5.44. The molecule has 1 aliphatic carbocycles. The van der Waals surface area contributed by atoms with Crippen LogP contribution in [0.15, 0.2) is 48.9 Å².